The third-order valence-electron chi connectivity index (χ3n) is 4.82. The van der Waals surface area contributed by atoms with Crippen LogP contribution in [-0.4, -0.2) is 32.7 Å². The fourth-order valence-corrected chi connectivity index (χ4v) is 3.69. The van der Waals surface area contributed by atoms with Crippen LogP contribution in [0.1, 0.15) is 43.0 Å². The predicted molar refractivity (Wildman–Crippen MR) is 108 cm³/mol. The minimum atomic E-state index is -0.933. The van der Waals surface area contributed by atoms with E-state index in [-0.39, 0.29) is 25.2 Å². The van der Waals surface area contributed by atoms with Gasteiger partial charge in [-0.25, -0.2) is 9.99 Å². The number of fused-ring (bicyclic) bond motifs is 1. The first-order valence-corrected chi connectivity index (χ1v) is 9.61. The van der Waals surface area contributed by atoms with Crippen LogP contribution in [0.15, 0.2) is 58.2 Å². The van der Waals surface area contributed by atoms with Gasteiger partial charge >= 0.3 is 5.97 Å². The Balaban J connectivity index is 1.67. The maximum atomic E-state index is 12.8. The van der Waals surface area contributed by atoms with E-state index in [1.165, 1.54) is 5.01 Å². The highest BCUT2D eigenvalue weighted by Gasteiger charge is 2.35. The summed E-state index contributed by atoms with van der Waals surface area (Å²) >= 11 is 6.47. The van der Waals surface area contributed by atoms with Crippen LogP contribution in [-0.2, 0) is 9.59 Å². The van der Waals surface area contributed by atoms with E-state index < -0.39 is 12.0 Å². The Morgan fingerprint density at radius 2 is 2.03 bits per heavy atom. The number of benzene rings is 1. The van der Waals surface area contributed by atoms with Gasteiger partial charge in [-0.3, -0.25) is 9.59 Å². The third kappa shape index (κ3) is 4.00. The number of carboxylic acids is 1. The number of nitrogens with zero attached hydrogens (tertiary/aromatic N) is 3. The number of hydrazone groups is 1. The fraction of sp³-hybridized carbons (Fsp3) is 0.238. The third-order valence-corrected chi connectivity index (χ3v) is 5.12. The number of halogens is 1. The molecule has 8 heteroatoms. The largest absolute Gasteiger partial charge is 0.481 e. The average molecular weight is 412 g/mol. The summed E-state index contributed by atoms with van der Waals surface area (Å²) < 4.78 is 5.45. The molecule has 1 amide bonds. The lowest BCUT2D eigenvalue weighted by molar-refractivity contribution is -0.137. The number of carboxylic acid groups (broad SMARTS) is 1. The van der Waals surface area contributed by atoms with Crippen LogP contribution >= 0.6 is 11.6 Å². The number of carbonyl (C=O) groups excluding carboxylic acids is 1. The molecule has 0 saturated carbocycles. The number of furan rings is 1. The molecule has 148 valence electrons. The number of hydrogen-bond acceptors (Lipinski definition) is 5. The molecule has 0 bridgehead atoms. The van der Waals surface area contributed by atoms with Crippen molar-refractivity contribution < 1.29 is 19.1 Å². The predicted octanol–water partition coefficient (Wildman–Crippen LogP) is 4.41. The van der Waals surface area contributed by atoms with Crippen molar-refractivity contribution in [2.75, 3.05) is 0 Å². The molecule has 1 aliphatic heterocycles. The monoisotopic (exact) mass is 411 g/mol. The number of hydrogen-bond donors (Lipinski definition) is 1. The van der Waals surface area contributed by atoms with Crippen molar-refractivity contribution in [1.82, 2.24) is 9.99 Å². The molecule has 0 aliphatic carbocycles. The highest BCUT2D eigenvalue weighted by molar-refractivity contribution is 6.30. The molecule has 1 aliphatic rings. The summed E-state index contributed by atoms with van der Waals surface area (Å²) in [6.07, 6.45) is 2.23. The molecule has 3 heterocycles. The number of rotatable bonds is 6. The van der Waals surface area contributed by atoms with E-state index in [4.69, 9.17) is 21.1 Å². The van der Waals surface area contributed by atoms with Gasteiger partial charge in [0.2, 0.25) is 5.91 Å². The van der Waals surface area contributed by atoms with Crippen LogP contribution < -0.4 is 0 Å². The van der Waals surface area contributed by atoms with Crippen LogP contribution in [0.4, 0.5) is 0 Å². The smallest absolute Gasteiger partial charge is 0.303 e. The second-order valence-corrected chi connectivity index (χ2v) is 7.15. The summed E-state index contributed by atoms with van der Waals surface area (Å²) in [4.78, 5) is 28.1. The highest BCUT2D eigenvalue weighted by Crippen LogP contribution is 2.37. The van der Waals surface area contributed by atoms with Crippen LogP contribution in [0.2, 0.25) is 5.15 Å². The molecule has 0 saturated heterocycles. The summed E-state index contributed by atoms with van der Waals surface area (Å²) in [6, 6.07) is 12.6. The number of aromatic nitrogens is 1. The molecule has 0 fully saturated rings. The molecule has 0 radical (unpaired) electrons. The van der Waals surface area contributed by atoms with E-state index in [9.17, 15) is 9.59 Å². The van der Waals surface area contributed by atoms with Crippen molar-refractivity contribution in [3.8, 4) is 0 Å². The average Bonchev–Trinajstić information content (AvgIpc) is 3.37. The molecule has 3 aromatic rings. The molecule has 2 aromatic heterocycles. The van der Waals surface area contributed by atoms with Crippen LogP contribution in [0.5, 0.6) is 0 Å². The molecule has 1 unspecified atom stereocenters. The first-order chi connectivity index (χ1) is 14.0. The van der Waals surface area contributed by atoms with Gasteiger partial charge in [0, 0.05) is 30.2 Å². The Morgan fingerprint density at radius 1 is 1.21 bits per heavy atom. The number of aliphatic carboxylic acids is 1. The number of amides is 1. The van der Waals surface area contributed by atoms with Crippen LogP contribution in [0.3, 0.4) is 0 Å². The van der Waals surface area contributed by atoms with Gasteiger partial charge in [-0.1, -0.05) is 29.8 Å². The van der Waals surface area contributed by atoms with Gasteiger partial charge in [0.15, 0.2) is 0 Å². The molecular formula is C21H18ClN3O4. The van der Waals surface area contributed by atoms with Crippen molar-refractivity contribution in [3.05, 3.63) is 65.2 Å². The van der Waals surface area contributed by atoms with E-state index in [2.05, 4.69) is 10.1 Å². The van der Waals surface area contributed by atoms with Crippen molar-refractivity contribution in [1.29, 1.82) is 0 Å². The first-order valence-electron chi connectivity index (χ1n) is 9.23. The van der Waals surface area contributed by atoms with Crippen molar-refractivity contribution in [2.45, 2.75) is 31.7 Å². The molecule has 1 N–H and O–H groups in total. The molecule has 4 rings (SSSR count). The standard InChI is InChI=1S/C21H18ClN3O4/c22-21-14(11-13-5-1-2-6-15(13)23-21)17-12-16(18-7-4-10-29-18)24-25(17)19(26)8-3-9-20(27)28/h1-2,4-7,10-11,17H,3,8-9,12H2,(H,27,28). The Hall–Kier alpha value is -3.19. The Morgan fingerprint density at radius 3 is 2.79 bits per heavy atom. The van der Waals surface area contributed by atoms with Crippen LogP contribution in [0.25, 0.3) is 10.9 Å². The lowest BCUT2D eigenvalue weighted by atomic mass is 10.0. The topological polar surface area (TPSA) is 96.0 Å². The molecule has 1 aromatic carbocycles. The zero-order valence-corrected chi connectivity index (χ0v) is 16.2. The van der Waals surface area contributed by atoms with Gasteiger partial charge in [-0.05, 0) is 30.7 Å². The number of carbonyl (C=O) groups is 2. The maximum Gasteiger partial charge on any atom is 0.303 e. The molecule has 1 atom stereocenters. The molecule has 0 spiro atoms. The van der Waals surface area contributed by atoms with Gasteiger partial charge in [-0.15, -0.1) is 0 Å². The van der Waals surface area contributed by atoms with Gasteiger partial charge in [0.1, 0.15) is 16.6 Å². The van der Waals surface area contributed by atoms with Crippen molar-refractivity contribution >= 4 is 40.1 Å². The lowest BCUT2D eigenvalue weighted by Crippen LogP contribution is -2.27. The van der Waals surface area contributed by atoms with Gasteiger partial charge in [0.25, 0.3) is 0 Å². The maximum absolute atomic E-state index is 12.8. The second kappa shape index (κ2) is 8.05. The number of pyridine rings is 1. The Kier molecular flexibility index (Phi) is 5.31. The SMILES string of the molecule is O=C(O)CCCC(=O)N1N=C(c2ccco2)CC1c1cc2ccccc2nc1Cl. The molecular weight excluding hydrogens is 394 g/mol. The summed E-state index contributed by atoms with van der Waals surface area (Å²) in [6.45, 7) is 0. The van der Waals surface area contributed by atoms with Crippen LogP contribution in [0, 0.1) is 0 Å². The normalized spacial score (nSPS) is 16.2. The van der Waals surface area contributed by atoms with Gasteiger partial charge < -0.3 is 9.52 Å². The van der Waals surface area contributed by atoms with E-state index in [1.54, 1.807) is 18.4 Å². The summed E-state index contributed by atoms with van der Waals surface area (Å²) in [5.41, 5.74) is 2.10. The van der Waals surface area contributed by atoms with Crippen molar-refractivity contribution in [3.63, 3.8) is 0 Å². The Labute approximate surface area is 171 Å². The first kappa shape index (κ1) is 19.1. The van der Waals surface area contributed by atoms with E-state index in [0.717, 1.165) is 10.9 Å². The molecule has 29 heavy (non-hydrogen) atoms. The fourth-order valence-electron chi connectivity index (χ4n) is 3.42. The van der Waals surface area contributed by atoms with E-state index >= 15 is 0 Å². The van der Waals surface area contributed by atoms with Gasteiger partial charge in [-0.2, -0.15) is 5.10 Å². The summed E-state index contributed by atoms with van der Waals surface area (Å²) in [5.74, 6) is -0.611. The Bertz CT molecular complexity index is 1090. The quantitative estimate of drug-likeness (QED) is 0.606. The highest BCUT2D eigenvalue weighted by atomic mass is 35.5. The second-order valence-electron chi connectivity index (χ2n) is 6.79. The number of para-hydroxylation sites is 1. The van der Waals surface area contributed by atoms with Gasteiger partial charge in [0.05, 0.1) is 17.8 Å². The van der Waals surface area contributed by atoms with Crippen molar-refractivity contribution in [2.24, 2.45) is 5.10 Å². The summed E-state index contributed by atoms with van der Waals surface area (Å²) in [7, 11) is 0. The minimum Gasteiger partial charge on any atom is -0.481 e. The van der Waals surface area contributed by atoms with E-state index in [0.29, 0.717) is 28.6 Å². The lowest BCUT2D eigenvalue weighted by Gasteiger charge is -2.23. The van der Waals surface area contributed by atoms with E-state index in [1.807, 2.05) is 30.3 Å². The molecule has 7 nitrogen and oxygen atoms in total. The zero-order chi connectivity index (χ0) is 20.4. The summed E-state index contributed by atoms with van der Waals surface area (Å²) in [5, 5.41) is 15.9. The zero-order valence-electron chi connectivity index (χ0n) is 15.4. The minimum absolute atomic E-state index is 0.0721.